The van der Waals surface area contributed by atoms with Gasteiger partial charge in [-0.2, -0.15) is 0 Å². The lowest BCUT2D eigenvalue weighted by atomic mass is 9.89. The molecule has 2 heterocycles. The largest absolute Gasteiger partial charge is 0.365 e. The smallest absolute Gasteiger partial charge is 0.185 e. The van der Waals surface area contributed by atoms with Gasteiger partial charge in [-0.3, -0.25) is 9.69 Å². The molecule has 3 nitrogen and oxygen atoms in total. The molecule has 1 aromatic heterocycles. The van der Waals surface area contributed by atoms with Crippen LogP contribution < -0.4 is 5.43 Å². The highest BCUT2D eigenvalue weighted by molar-refractivity contribution is 5.24. The van der Waals surface area contributed by atoms with Gasteiger partial charge in [-0.15, -0.1) is 0 Å². The van der Waals surface area contributed by atoms with E-state index in [-0.39, 0.29) is 5.43 Å². The number of aromatic nitrogens is 1. The minimum absolute atomic E-state index is 0.217. The van der Waals surface area contributed by atoms with E-state index in [2.05, 4.69) is 9.88 Å². The Morgan fingerprint density at radius 1 is 1.40 bits per heavy atom. The van der Waals surface area contributed by atoms with Crippen molar-refractivity contribution in [1.82, 2.24) is 9.88 Å². The number of likely N-dealkylation sites (tertiary alicyclic amines) is 1. The molecule has 1 aromatic rings. The van der Waals surface area contributed by atoms with Gasteiger partial charge < -0.3 is 4.98 Å². The highest BCUT2D eigenvalue weighted by Gasteiger charge is 2.28. The molecule has 1 saturated heterocycles. The average Bonchev–Trinajstić information content (AvgIpc) is 2.17. The summed E-state index contributed by atoms with van der Waals surface area (Å²) in [7, 11) is 0. The van der Waals surface area contributed by atoms with Crippen molar-refractivity contribution < 1.29 is 0 Å². The van der Waals surface area contributed by atoms with E-state index < -0.39 is 0 Å². The molecule has 0 spiro atoms. The van der Waals surface area contributed by atoms with Crippen molar-refractivity contribution >= 4 is 0 Å². The molecule has 0 aromatic carbocycles. The van der Waals surface area contributed by atoms with Crippen LogP contribution in [0.5, 0.6) is 0 Å². The van der Waals surface area contributed by atoms with E-state index >= 15 is 0 Å². The molecule has 80 valence electrons. The van der Waals surface area contributed by atoms with E-state index in [0.29, 0.717) is 6.04 Å². The number of hydrogen-bond donors (Lipinski definition) is 1. The number of fused-ring (bicyclic) bond motifs is 1. The van der Waals surface area contributed by atoms with Crippen molar-refractivity contribution in [2.75, 3.05) is 13.1 Å². The zero-order valence-electron chi connectivity index (χ0n) is 8.83. The molecular formula is C12H16N2O. The predicted molar refractivity (Wildman–Crippen MR) is 59.1 cm³/mol. The van der Waals surface area contributed by atoms with Crippen LogP contribution in [0.3, 0.4) is 0 Å². The van der Waals surface area contributed by atoms with Crippen LogP contribution in [-0.4, -0.2) is 29.0 Å². The van der Waals surface area contributed by atoms with Gasteiger partial charge in [0.25, 0.3) is 0 Å². The molecule has 0 radical (unpaired) electrons. The third-order valence-electron chi connectivity index (χ3n) is 3.73. The van der Waals surface area contributed by atoms with Crippen molar-refractivity contribution in [3.05, 3.63) is 33.7 Å². The fourth-order valence-electron chi connectivity index (χ4n) is 2.67. The van der Waals surface area contributed by atoms with Crippen LogP contribution in [0.25, 0.3) is 0 Å². The van der Waals surface area contributed by atoms with Crippen molar-refractivity contribution in [3.8, 4) is 0 Å². The lowest BCUT2D eigenvalue weighted by Crippen LogP contribution is -2.48. The number of nitrogens with zero attached hydrogens (tertiary/aromatic N) is 1. The number of H-pyrrole nitrogens is 1. The Hall–Kier alpha value is -1.09. The third-order valence-corrected chi connectivity index (χ3v) is 3.73. The highest BCUT2D eigenvalue weighted by Crippen LogP contribution is 2.23. The molecule has 0 saturated carbocycles. The summed E-state index contributed by atoms with van der Waals surface area (Å²) in [5, 5.41) is 0. The van der Waals surface area contributed by atoms with Crippen LogP contribution in [0, 0.1) is 0 Å². The quantitative estimate of drug-likeness (QED) is 0.739. The van der Waals surface area contributed by atoms with Gasteiger partial charge in [-0.05, 0) is 38.8 Å². The minimum atomic E-state index is 0.217. The molecule has 1 aliphatic heterocycles. The van der Waals surface area contributed by atoms with Crippen molar-refractivity contribution in [1.29, 1.82) is 0 Å². The van der Waals surface area contributed by atoms with E-state index in [1.807, 2.05) is 0 Å². The number of aromatic amines is 1. The summed E-state index contributed by atoms with van der Waals surface area (Å²) in [5.41, 5.74) is 2.41. The van der Waals surface area contributed by atoms with Crippen LogP contribution >= 0.6 is 0 Å². The van der Waals surface area contributed by atoms with E-state index in [0.717, 1.165) is 18.4 Å². The molecule has 1 N–H and O–H groups in total. The van der Waals surface area contributed by atoms with Gasteiger partial charge in [-0.25, -0.2) is 0 Å². The molecular weight excluding hydrogens is 188 g/mol. The standard InChI is InChI=1S/C12H16N2O/c15-12-4-5-13-11-3-2-9(8-10(11)12)14-6-1-7-14/h4-5,9H,1-3,6-8H2,(H,13,15). The number of pyridine rings is 1. The molecule has 3 heteroatoms. The zero-order chi connectivity index (χ0) is 10.3. The third kappa shape index (κ3) is 1.51. The molecule has 1 aliphatic carbocycles. The number of aryl methyl sites for hydroxylation is 1. The van der Waals surface area contributed by atoms with Crippen molar-refractivity contribution in [2.45, 2.75) is 31.7 Å². The minimum Gasteiger partial charge on any atom is -0.365 e. The average molecular weight is 204 g/mol. The van der Waals surface area contributed by atoms with Crippen LogP contribution in [-0.2, 0) is 12.8 Å². The first-order valence-corrected chi connectivity index (χ1v) is 5.78. The van der Waals surface area contributed by atoms with Gasteiger partial charge in [0, 0.05) is 29.6 Å². The van der Waals surface area contributed by atoms with E-state index in [4.69, 9.17) is 0 Å². The molecule has 0 bridgehead atoms. The molecule has 2 aliphatic rings. The number of hydrogen-bond acceptors (Lipinski definition) is 2. The summed E-state index contributed by atoms with van der Waals surface area (Å²) < 4.78 is 0. The summed E-state index contributed by atoms with van der Waals surface area (Å²) in [6.07, 6.45) is 6.28. The lowest BCUT2D eigenvalue weighted by Gasteiger charge is -2.40. The van der Waals surface area contributed by atoms with Crippen LogP contribution in [0.1, 0.15) is 24.1 Å². The lowest BCUT2D eigenvalue weighted by molar-refractivity contribution is 0.107. The Morgan fingerprint density at radius 3 is 3.00 bits per heavy atom. The summed E-state index contributed by atoms with van der Waals surface area (Å²) >= 11 is 0. The topological polar surface area (TPSA) is 36.1 Å². The number of nitrogens with one attached hydrogen (secondary N) is 1. The monoisotopic (exact) mass is 204 g/mol. The second-order valence-electron chi connectivity index (χ2n) is 4.59. The Labute approximate surface area is 89.1 Å². The van der Waals surface area contributed by atoms with E-state index in [1.54, 1.807) is 12.3 Å². The Morgan fingerprint density at radius 2 is 2.27 bits per heavy atom. The molecule has 15 heavy (non-hydrogen) atoms. The maximum Gasteiger partial charge on any atom is 0.185 e. The zero-order valence-corrected chi connectivity index (χ0v) is 8.83. The molecule has 0 amide bonds. The van der Waals surface area contributed by atoms with Gasteiger partial charge in [-0.1, -0.05) is 0 Å². The summed E-state index contributed by atoms with van der Waals surface area (Å²) in [5.74, 6) is 0. The van der Waals surface area contributed by atoms with Crippen molar-refractivity contribution in [2.24, 2.45) is 0 Å². The molecule has 1 unspecified atom stereocenters. The van der Waals surface area contributed by atoms with Crippen molar-refractivity contribution in [3.63, 3.8) is 0 Å². The second-order valence-corrected chi connectivity index (χ2v) is 4.59. The highest BCUT2D eigenvalue weighted by atomic mass is 16.1. The first kappa shape index (κ1) is 9.16. The van der Waals surface area contributed by atoms with Crippen LogP contribution in [0.2, 0.25) is 0 Å². The Bertz CT molecular complexity index is 420. The Balaban J connectivity index is 1.88. The molecule has 1 fully saturated rings. The predicted octanol–water partition coefficient (Wildman–Crippen LogP) is 0.938. The van der Waals surface area contributed by atoms with Gasteiger partial charge in [0.1, 0.15) is 0 Å². The summed E-state index contributed by atoms with van der Waals surface area (Å²) in [6.45, 7) is 2.45. The molecule has 1 atom stereocenters. The fraction of sp³-hybridized carbons (Fsp3) is 0.583. The fourth-order valence-corrected chi connectivity index (χ4v) is 2.67. The van der Waals surface area contributed by atoms with Gasteiger partial charge in [0.15, 0.2) is 5.43 Å². The number of rotatable bonds is 1. The van der Waals surface area contributed by atoms with Crippen LogP contribution in [0.15, 0.2) is 17.1 Å². The first-order chi connectivity index (χ1) is 7.34. The SMILES string of the molecule is O=c1cc[nH]c2c1CC(N1CCC1)CC2. The van der Waals surface area contributed by atoms with Gasteiger partial charge in [0.05, 0.1) is 0 Å². The maximum absolute atomic E-state index is 11.7. The maximum atomic E-state index is 11.7. The Kier molecular flexibility index (Phi) is 2.13. The summed E-state index contributed by atoms with van der Waals surface area (Å²) in [6, 6.07) is 2.27. The van der Waals surface area contributed by atoms with Gasteiger partial charge >= 0.3 is 0 Å². The van der Waals surface area contributed by atoms with Crippen LogP contribution in [0.4, 0.5) is 0 Å². The van der Waals surface area contributed by atoms with Gasteiger partial charge in [0.2, 0.25) is 0 Å². The normalized spacial score (nSPS) is 25.7. The molecule has 3 rings (SSSR count). The van der Waals surface area contributed by atoms with E-state index in [9.17, 15) is 4.79 Å². The second kappa shape index (κ2) is 3.49. The van der Waals surface area contributed by atoms with E-state index in [1.165, 1.54) is 31.6 Å². The first-order valence-electron chi connectivity index (χ1n) is 5.78. The summed E-state index contributed by atoms with van der Waals surface area (Å²) in [4.78, 5) is 17.4.